The second-order valence-electron chi connectivity index (χ2n) is 7.85. The van der Waals surface area contributed by atoms with Crippen molar-refractivity contribution in [2.45, 2.75) is 44.8 Å². The van der Waals surface area contributed by atoms with E-state index < -0.39 is 6.09 Å². The van der Waals surface area contributed by atoms with Crippen LogP contribution in [0.25, 0.3) is 16.6 Å². The molecule has 10 heteroatoms. The van der Waals surface area contributed by atoms with Crippen molar-refractivity contribution in [2.75, 3.05) is 5.32 Å². The smallest absolute Gasteiger partial charge is 0.404 e. The van der Waals surface area contributed by atoms with Crippen molar-refractivity contribution in [1.29, 1.82) is 0 Å². The lowest BCUT2D eigenvalue weighted by Crippen LogP contribution is -2.48. The summed E-state index contributed by atoms with van der Waals surface area (Å²) in [4.78, 5) is 22.7. The van der Waals surface area contributed by atoms with Crippen molar-refractivity contribution < 1.29 is 24.0 Å². The van der Waals surface area contributed by atoms with Crippen LogP contribution in [0, 0.1) is 12.8 Å². The lowest BCUT2D eigenvalue weighted by Gasteiger charge is -2.34. The van der Waals surface area contributed by atoms with E-state index in [0.29, 0.717) is 30.3 Å². The second kappa shape index (κ2) is 7.05. The Kier molecular flexibility index (Phi) is 4.34. The molecule has 0 saturated heterocycles. The molecular formula is C20H21N5O5. The number of nitrogens with one attached hydrogen (secondary N) is 2. The van der Waals surface area contributed by atoms with Gasteiger partial charge >= 0.3 is 6.09 Å². The van der Waals surface area contributed by atoms with E-state index >= 15 is 0 Å². The van der Waals surface area contributed by atoms with Crippen LogP contribution >= 0.6 is 0 Å². The molecule has 0 atom stereocenters. The average molecular weight is 411 g/mol. The number of pyridine rings is 1. The summed E-state index contributed by atoms with van der Waals surface area (Å²) >= 11 is 0. The van der Waals surface area contributed by atoms with E-state index in [1.165, 1.54) is 0 Å². The van der Waals surface area contributed by atoms with Gasteiger partial charge in [0.05, 0.1) is 11.1 Å². The maximum atomic E-state index is 12.0. The van der Waals surface area contributed by atoms with Gasteiger partial charge in [-0.2, -0.15) is 5.10 Å². The highest BCUT2D eigenvalue weighted by Crippen LogP contribution is 2.36. The standard InChI is InChI=1S/C20H21N5O5/c1-10-17(19(24-30-10)29-15-7-13(8-15)21-20(27)28)12-4-5-25-14(6-12)9-16(23-25)22-18(26)11-2-3-11/h4-6,9,11,13,15,21H,2-3,7-8H2,1H3,(H,27,28)(H,22,23,26). The molecule has 5 rings (SSSR count). The number of ether oxygens (including phenoxy) is 1. The van der Waals surface area contributed by atoms with Gasteiger partial charge in [-0.05, 0) is 42.6 Å². The molecule has 0 aliphatic heterocycles. The number of amides is 2. The molecule has 3 N–H and O–H groups in total. The van der Waals surface area contributed by atoms with Gasteiger partial charge in [-0.25, -0.2) is 9.31 Å². The first-order chi connectivity index (χ1) is 14.5. The van der Waals surface area contributed by atoms with Crippen molar-refractivity contribution in [3.8, 4) is 17.0 Å². The number of carbonyl (C=O) groups is 2. The third kappa shape index (κ3) is 3.56. The monoisotopic (exact) mass is 411 g/mol. The summed E-state index contributed by atoms with van der Waals surface area (Å²) in [7, 11) is 0. The van der Waals surface area contributed by atoms with Gasteiger partial charge in [0.15, 0.2) is 5.82 Å². The van der Waals surface area contributed by atoms with Gasteiger partial charge in [0.2, 0.25) is 5.91 Å². The molecule has 2 saturated carbocycles. The molecule has 0 aromatic carbocycles. The molecule has 3 aromatic rings. The van der Waals surface area contributed by atoms with Crippen molar-refractivity contribution >= 4 is 23.3 Å². The van der Waals surface area contributed by atoms with Crippen LogP contribution in [0.4, 0.5) is 10.6 Å². The molecule has 0 radical (unpaired) electrons. The first kappa shape index (κ1) is 18.5. The van der Waals surface area contributed by atoms with Gasteiger partial charge in [-0.3, -0.25) is 4.79 Å². The zero-order valence-electron chi connectivity index (χ0n) is 16.3. The molecule has 0 spiro atoms. The fourth-order valence-electron chi connectivity index (χ4n) is 3.66. The predicted molar refractivity (Wildman–Crippen MR) is 105 cm³/mol. The fraction of sp³-hybridized carbons (Fsp3) is 0.400. The number of aryl methyl sites for hydroxylation is 1. The number of anilines is 1. The summed E-state index contributed by atoms with van der Waals surface area (Å²) in [5.74, 6) is 1.66. The molecule has 2 aliphatic carbocycles. The summed E-state index contributed by atoms with van der Waals surface area (Å²) in [5, 5.41) is 22.5. The SMILES string of the molecule is Cc1onc(OC2CC(NC(=O)O)C2)c1-c1ccn2nc(NC(=O)C3CC3)cc2c1. The minimum atomic E-state index is -1.03. The Hall–Kier alpha value is -3.56. The first-order valence-electron chi connectivity index (χ1n) is 9.89. The van der Waals surface area contributed by atoms with Gasteiger partial charge < -0.3 is 25.0 Å². The fourth-order valence-corrected chi connectivity index (χ4v) is 3.66. The van der Waals surface area contributed by atoms with Crippen LogP contribution in [-0.2, 0) is 4.79 Å². The Morgan fingerprint density at radius 3 is 2.83 bits per heavy atom. The van der Waals surface area contributed by atoms with E-state index in [9.17, 15) is 9.59 Å². The lowest BCUT2D eigenvalue weighted by atomic mass is 9.89. The zero-order chi connectivity index (χ0) is 20.8. The van der Waals surface area contributed by atoms with Gasteiger partial charge in [-0.15, -0.1) is 0 Å². The topological polar surface area (TPSA) is 131 Å². The van der Waals surface area contributed by atoms with Gasteiger partial charge in [0.1, 0.15) is 11.9 Å². The molecule has 30 heavy (non-hydrogen) atoms. The average Bonchev–Trinajstić information content (AvgIpc) is 3.35. The number of carboxylic acid groups (broad SMARTS) is 1. The van der Waals surface area contributed by atoms with Gasteiger partial charge in [0.25, 0.3) is 5.88 Å². The van der Waals surface area contributed by atoms with Crippen LogP contribution in [0.5, 0.6) is 5.88 Å². The minimum absolute atomic E-state index is 0.0142. The number of aromatic nitrogens is 3. The van der Waals surface area contributed by atoms with Gasteiger partial charge in [0, 0.05) is 37.1 Å². The van der Waals surface area contributed by atoms with Crippen molar-refractivity contribution in [3.05, 3.63) is 30.2 Å². The van der Waals surface area contributed by atoms with Crippen LogP contribution in [0.15, 0.2) is 28.9 Å². The molecule has 10 nitrogen and oxygen atoms in total. The Labute approximate surface area is 171 Å². The maximum absolute atomic E-state index is 12.0. The molecular weight excluding hydrogens is 390 g/mol. The second-order valence-corrected chi connectivity index (χ2v) is 7.85. The van der Waals surface area contributed by atoms with E-state index in [0.717, 1.165) is 29.5 Å². The van der Waals surface area contributed by atoms with E-state index in [4.69, 9.17) is 14.4 Å². The summed E-state index contributed by atoms with van der Waals surface area (Å²) in [6.45, 7) is 1.81. The zero-order valence-corrected chi connectivity index (χ0v) is 16.3. The van der Waals surface area contributed by atoms with Crippen molar-refractivity contribution in [1.82, 2.24) is 20.1 Å². The summed E-state index contributed by atoms with van der Waals surface area (Å²) < 4.78 is 13.0. The third-order valence-electron chi connectivity index (χ3n) is 5.48. The number of hydrogen-bond donors (Lipinski definition) is 3. The van der Waals surface area contributed by atoms with E-state index in [2.05, 4.69) is 20.9 Å². The summed E-state index contributed by atoms with van der Waals surface area (Å²) in [6.07, 6.45) is 3.71. The molecule has 2 fully saturated rings. The number of fused-ring (bicyclic) bond motifs is 1. The molecule has 0 unspecified atom stereocenters. The predicted octanol–water partition coefficient (Wildman–Crippen LogP) is 2.82. The lowest BCUT2D eigenvalue weighted by molar-refractivity contribution is -0.117. The molecule has 0 bridgehead atoms. The molecule has 2 amide bonds. The highest BCUT2D eigenvalue weighted by atomic mass is 16.5. The van der Waals surface area contributed by atoms with E-state index in [1.807, 2.05) is 31.3 Å². The highest BCUT2D eigenvalue weighted by molar-refractivity contribution is 5.93. The van der Waals surface area contributed by atoms with Crippen LogP contribution in [-0.4, -0.2) is 44.0 Å². The van der Waals surface area contributed by atoms with Crippen molar-refractivity contribution in [2.24, 2.45) is 5.92 Å². The van der Waals surface area contributed by atoms with Gasteiger partial charge in [-0.1, -0.05) is 0 Å². The third-order valence-corrected chi connectivity index (χ3v) is 5.48. The Bertz CT molecular complexity index is 1130. The highest BCUT2D eigenvalue weighted by Gasteiger charge is 2.34. The maximum Gasteiger partial charge on any atom is 0.404 e. The van der Waals surface area contributed by atoms with Crippen LogP contribution < -0.4 is 15.4 Å². The number of carbonyl (C=O) groups excluding carboxylic acids is 1. The van der Waals surface area contributed by atoms with Crippen LogP contribution in [0.3, 0.4) is 0 Å². The Balaban J connectivity index is 1.34. The number of nitrogens with zero attached hydrogens (tertiary/aromatic N) is 3. The Morgan fingerprint density at radius 2 is 2.10 bits per heavy atom. The Morgan fingerprint density at radius 1 is 1.30 bits per heavy atom. The quantitative estimate of drug-likeness (QED) is 0.568. The van der Waals surface area contributed by atoms with Crippen molar-refractivity contribution in [3.63, 3.8) is 0 Å². The molecule has 2 aliphatic rings. The first-order valence-corrected chi connectivity index (χ1v) is 9.89. The largest absolute Gasteiger partial charge is 0.472 e. The molecule has 3 heterocycles. The summed E-state index contributed by atoms with van der Waals surface area (Å²) in [6, 6.07) is 5.54. The normalized spacial score (nSPS) is 20.6. The molecule has 156 valence electrons. The summed E-state index contributed by atoms with van der Waals surface area (Å²) in [5.41, 5.74) is 2.42. The molecule has 3 aromatic heterocycles. The van der Waals surface area contributed by atoms with Crippen LogP contribution in [0.2, 0.25) is 0 Å². The number of hydrogen-bond acceptors (Lipinski definition) is 6. The number of rotatable bonds is 6. The van der Waals surface area contributed by atoms with Crippen LogP contribution in [0.1, 0.15) is 31.4 Å². The van der Waals surface area contributed by atoms with E-state index in [-0.39, 0.29) is 24.0 Å². The van der Waals surface area contributed by atoms with E-state index in [1.54, 1.807) is 4.52 Å². The minimum Gasteiger partial charge on any atom is -0.472 e.